The second-order valence-corrected chi connectivity index (χ2v) is 5.14. The number of rotatable bonds is 3. The zero-order valence-electron chi connectivity index (χ0n) is 10.1. The third-order valence-corrected chi connectivity index (χ3v) is 4.04. The van der Waals surface area contributed by atoms with Gasteiger partial charge in [-0.15, -0.1) is 0 Å². The lowest BCUT2D eigenvalue weighted by Crippen LogP contribution is -2.41. The van der Waals surface area contributed by atoms with Crippen LogP contribution in [0.3, 0.4) is 0 Å². The molecule has 0 amide bonds. The van der Waals surface area contributed by atoms with Crippen molar-refractivity contribution in [2.45, 2.75) is 39.7 Å². The fourth-order valence-electron chi connectivity index (χ4n) is 2.72. The van der Waals surface area contributed by atoms with Gasteiger partial charge >= 0.3 is 0 Å². The van der Waals surface area contributed by atoms with Gasteiger partial charge in [0.2, 0.25) is 12.2 Å². The first-order valence-electron chi connectivity index (χ1n) is 5.64. The van der Waals surface area contributed by atoms with E-state index in [1.165, 1.54) is 0 Å². The minimum Gasteiger partial charge on any atom is -0.211 e. The molecule has 1 aliphatic carbocycles. The average Bonchev–Trinajstić information content (AvgIpc) is 2.24. The Bertz CT molecular complexity index is 343. The van der Waals surface area contributed by atoms with Crippen molar-refractivity contribution in [2.75, 3.05) is 6.54 Å². The van der Waals surface area contributed by atoms with Gasteiger partial charge in [-0.05, 0) is 30.1 Å². The van der Waals surface area contributed by atoms with E-state index in [1.54, 1.807) is 12.2 Å². The number of isocyanates is 2. The molecule has 0 aromatic heterocycles. The Hall–Kier alpha value is -1.24. The number of aliphatic imine (C=N–C) groups is 2. The van der Waals surface area contributed by atoms with Crippen molar-refractivity contribution < 1.29 is 9.59 Å². The summed E-state index contributed by atoms with van der Waals surface area (Å²) < 4.78 is 0. The summed E-state index contributed by atoms with van der Waals surface area (Å²) in [4.78, 5) is 28.0. The van der Waals surface area contributed by atoms with Gasteiger partial charge in [0, 0.05) is 0 Å². The van der Waals surface area contributed by atoms with Crippen LogP contribution in [0.25, 0.3) is 0 Å². The summed E-state index contributed by atoms with van der Waals surface area (Å²) >= 11 is 0. The molecule has 1 aliphatic rings. The van der Waals surface area contributed by atoms with Crippen LogP contribution >= 0.6 is 0 Å². The molecule has 4 unspecified atom stereocenters. The Morgan fingerprint density at radius 2 is 2.00 bits per heavy atom. The van der Waals surface area contributed by atoms with Crippen LogP contribution in [0.15, 0.2) is 9.98 Å². The second-order valence-electron chi connectivity index (χ2n) is 5.14. The molecule has 0 aliphatic heterocycles. The minimum atomic E-state index is -0.0694. The normalized spacial score (nSPS) is 38.3. The lowest BCUT2D eigenvalue weighted by molar-refractivity contribution is 0.0761. The third kappa shape index (κ3) is 2.66. The van der Waals surface area contributed by atoms with E-state index in [0.717, 1.165) is 12.8 Å². The van der Waals surface area contributed by atoms with E-state index in [9.17, 15) is 9.59 Å². The van der Waals surface area contributed by atoms with Crippen molar-refractivity contribution in [3.05, 3.63) is 0 Å². The van der Waals surface area contributed by atoms with Gasteiger partial charge in [0.15, 0.2) is 0 Å². The summed E-state index contributed by atoms with van der Waals surface area (Å²) in [6, 6.07) is 0.0237. The molecule has 1 saturated carbocycles. The van der Waals surface area contributed by atoms with Crippen molar-refractivity contribution >= 4 is 12.2 Å². The smallest absolute Gasteiger partial charge is 0.211 e. The van der Waals surface area contributed by atoms with Crippen LogP contribution in [-0.4, -0.2) is 24.7 Å². The van der Waals surface area contributed by atoms with Gasteiger partial charge in [-0.2, -0.15) is 0 Å². The summed E-state index contributed by atoms with van der Waals surface area (Å²) in [6.07, 6.45) is 4.93. The lowest BCUT2D eigenvalue weighted by atomic mass is 9.62. The first kappa shape index (κ1) is 12.8. The highest BCUT2D eigenvalue weighted by Crippen LogP contribution is 2.45. The molecule has 4 heteroatoms. The Morgan fingerprint density at radius 3 is 2.56 bits per heavy atom. The zero-order chi connectivity index (χ0) is 12.2. The van der Waals surface area contributed by atoms with E-state index in [2.05, 4.69) is 30.8 Å². The van der Waals surface area contributed by atoms with Crippen LogP contribution in [0.2, 0.25) is 0 Å². The molecule has 0 aromatic carbocycles. The van der Waals surface area contributed by atoms with Gasteiger partial charge < -0.3 is 0 Å². The Kier molecular flexibility index (Phi) is 4.17. The maximum absolute atomic E-state index is 10.3. The average molecular weight is 222 g/mol. The first-order chi connectivity index (χ1) is 7.53. The monoisotopic (exact) mass is 222 g/mol. The number of carbonyl (C=O) groups excluding carboxylic acids is 2. The van der Waals surface area contributed by atoms with Gasteiger partial charge in [0.05, 0.1) is 12.6 Å². The molecular formula is C12H18N2O2. The molecular weight excluding hydrogens is 204 g/mol. The highest BCUT2D eigenvalue weighted by Gasteiger charge is 2.41. The molecule has 0 spiro atoms. The number of hydrogen-bond acceptors (Lipinski definition) is 4. The summed E-state index contributed by atoms with van der Waals surface area (Å²) in [5.74, 6) is 0.936. The van der Waals surface area contributed by atoms with Crippen molar-refractivity contribution in [3.8, 4) is 0 Å². The van der Waals surface area contributed by atoms with Crippen LogP contribution < -0.4 is 0 Å². The van der Waals surface area contributed by atoms with Crippen LogP contribution in [-0.2, 0) is 9.59 Å². The molecule has 16 heavy (non-hydrogen) atoms. The topological polar surface area (TPSA) is 58.9 Å². The zero-order valence-corrected chi connectivity index (χ0v) is 10.1. The lowest BCUT2D eigenvalue weighted by Gasteiger charge is -2.44. The summed E-state index contributed by atoms with van der Waals surface area (Å²) in [7, 11) is 0. The van der Waals surface area contributed by atoms with Crippen molar-refractivity contribution in [2.24, 2.45) is 27.2 Å². The third-order valence-electron chi connectivity index (χ3n) is 4.04. The molecule has 1 rings (SSSR count). The van der Waals surface area contributed by atoms with E-state index < -0.39 is 0 Å². The predicted octanol–water partition coefficient (Wildman–Crippen LogP) is 2.10. The predicted molar refractivity (Wildman–Crippen MR) is 60.6 cm³/mol. The summed E-state index contributed by atoms with van der Waals surface area (Å²) in [5.41, 5.74) is -0.0694. The van der Waals surface area contributed by atoms with E-state index in [4.69, 9.17) is 0 Å². The maximum atomic E-state index is 10.3. The van der Waals surface area contributed by atoms with Crippen molar-refractivity contribution in [3.63, 3.8) is 0 Å². The second kappa shape index (κ2) is 5.20. The maximum Gasteiger partial charge on any atom is 0.235 e. The quantitative estimate of drug-likeness (QED) is 0.542. The molecule has 1 fully saturated rings. The van der Waals surface area contributed by atoms with E-state index in [0.29, 0.717) is 18.4 Å². The molecule has 88 valence electrons. The van der Waals surface area contributed by atoms with Gasteiger partial charge in [0.1, 0.15) is 0 Å². The summed E-state index contributed by atoms with van der Waals surface area (Å²) in [5, 5.41) is 0. The minimum absolute atomic E-state index is 0.0237. The highest BCUT2D eigenvalue weighted by molar-refractivity contribution is 5.34. The molecule has 0 radical (unpaired) electrons. The van der Waals surface area contributed by atoms with Crippen molar-refractivity contribution in [1.82, 2.24) is 0 Å². The van der Waals surface area contributed by atoms with Gasteiger partial charge in [-0.25, -0.2) is 19.6 Å². The van der Waals surface area contributed by atoms with E-state index in [1.807, 2.05) is 0 Å². The van der Waals surface area contributed by atoms with E-state index in [-0.39, 0.29) is 11.5 Å². The molecule has 4 atom stereocenters. The van der Waals surface area contributed by atoms with Crippen LogP contribution in [0.1, 0.15) is 33.6 Å². The Labute approximate surface area is 95.9 Å². The van der Waals surface area contributed by atoms with Crippen LogP contribution in [0.5, 0.6) is 0 Å². The molecule has 0 aromatic rings. The summed E-state index contributed by atoms with van der Waals surface area (Å²) in [6.45, 7) is 6.89. The van der Waals surface area contributed by atoms with Gasteiger partial charge in [-0.1, -0.05) is 20.8 Å². The van der Waals surface area contributed by atoms with Crippen LogP contribution in [0, 0.1) is 17.3 Å². The SMILES string of the molecule is CC1CC(N=C=O)CC(C)(CN=C=O)C1C. The fraction of sp³-hybridized carbons (Fsp3) is 0.833. The molecule has 4 nitrogen and oxygen atoms in total. The first-order valence-corrected chi connectivity index (χ1v) is 5.64. The Morgan fingerprint density at radius 1 is 1.31 bits per heavy atom. The highest BCUT2D eigenvalue weighted by atomic mass is 16.1. The van der Waals surface area contributed by atoms with Crippen LogP contribution in [0.4, 0.5) is 0 Å². The molecule has 0 heterocycles. The fourth-order valence-corrected chi connectivity index (χ4v) is 2.72. The number of nitrogens with zero attached hydrogens (tertiary/aromatic N) is 2. The van der Waals surface area contributed by atoms with Gasteiger partial charge in [-0.3, -0.25) is 0 Å². The Balaban J connectivity index is 2.87. The standard InChI is InChI=1S/C12H18N2O2/c1-9-4-11(14-8-16)5-12(3,10(9)2)6-13-7-15/h9-11H,4-6H2,1-3H3. The molecule has 0 N–H and O–H groups in total. The van der Waals surface area contributed by atoms with Crippen molar-refractivity contribution in [1.29, 1.82) is 0 Å². The molecule has 0 saturated heterocycles. The largest absolute Gasteiger partial charge is 0.235 e. The van der Waals surface area contributed by atoms with E-state index >= 15 is 0 Å². The van der Waals surface area contributed by atoms with Gasteiger partial charge in [0.25, 0.3) is 0 Å². The number of hydrogen-bond donors (Lipinski definition) is 0. The molecule has 0 bridgehead atoms.